The number of nitrogens with zero attached hydrogens (tertiary/aromatic N) is 1. The van der Waals surface area contributed by atoms with Gasteiger partial charge >= 0.3 is 0 Å². The maximum atomic E-state index is 10.1. The summed E-state index contributed by atoms with van der Waals surface area (Å²) in [6, 6.07) is 4.60. The van der Waals surface area contributed by atoms with Gasteiger partial charge in [-0.3, -0.25) is 0 Å². The molecule has 1 aromatic carbocycles. The van der Waals surface area contributed by atoms with Gasteiger partial charge in [0, 0.05) is 6.07 Å². The quantitative estimate of drug-likeness (QED) is 0.475. The third kappa shape index (κ3) is 3.36. The van der Waals surface area contributed by atoms with Crippen LogP contribution in [0.4, 0.5) is 5.69 Å². The molecule has 1 saturated heterocycles. The number of aliphatic imine (C=N–C) groups is 1. The molecule has 2 heterocycles. The van der Waals surface area contributed by atoms with E-state index < -0.39 is 43.4 Å². The second-order valence-electron chi connectivity index (χ2n) is 6.44. The zero-order valence-electron chi connectivity index (χ0n) is 14.0. The summed E-state index contributed by atoms with van der Waals surface area (Å²) < 4.78 is 16.7. The van der Waals surface area contributed by atoms with Crippen LogP contribution >= 0.6 is 0 Å². The first-order chi connectivity index (χ1) is 13.0. The van der Waals surface area contributed by atoms with Gasteiger partial charge in [-0.2, -0.15) is 0 Å². The van der Waals surface area contributed by atoms with E-state index in [1.807, 2.05) is 0 Å². The molecule has 0 saturated carbocycles. The minimum absolute atomic E-state index is 0.0495. The summed E-state index contributed by atoms with van der Waals surface area (Å²) in [5, 5.41) is 48.6. The molecule has 1 fully saturated rings. The van der Waals surface area contributed by atoms with Crippen molar-refractivity contribution in [3.8, 4) is 11.5 Å². The Kier molecular flexibility index (Phi) is 4.72. The Labute approximate surface area is 154 Å². The van der Waals surface area contributed by atoms with Gasteiger partial charge in [-0.1, -0.05) is 0 Å². The topological polar surface area (TPSA) is 141 Å². The first-order valence-corrected chi connectivity index (χ1v) is 8.42. The van der Waals surface area contributed by atoms with Crippen LogP contribution in [-0.2, 0) is 9.47 Å². The first kappa shape index (κ1) is 18.1. The third-order valence-corrected chi connectivity index (χ3v) is 4.56. The zero-order valence-corrected chi connectivity index (χ0v) is 14.0. The number of allylic oxidation sites excluding steroid dienone is 1. The minimum atomic E-state index is -1.51. The van der Waals surface area contributed by atoms with Crippen LogP contribution in [0.25, 0.3) is 0 Å². The molecule has 5 N–H and O–H groups in total. The van der Waals surface area contributed by atoms with Crippen LogP contribution in [-0.4, -0.2) is 74.7 Å². The van der Waals surface area contributed by atoms with E-state index in [4.69, 9.17) is 14.2 Å². The molecule has 9 nitrogen and oxygen atoms in total. The first-order valence-electron chi connectivity index (χ1n) is 8.42. The molecule has 0 amide bonds. The molecule has 3 aliphatic rings. The van der Waals surface area contributed by atoms with Crippen molar-refractivity contribution in [2.75, 3.05) is 6.61 Å². The predicted molar refractivity (Wildman–Crippen MR) is 91.7 cm³/mol. The molecular weight excluding hydrogens is 358 g/mol. The summed E-state index contributed by atoms with van der Waals surface area (Å²) in [5.74, 6) is 0.852. The van der Waals surface area contributed by atoms with E-state index in [0.717, 1.165) is 0 Å². The van der Waals surface area contributed by atoms with Crippen molar-refractivity contribution in [3.63, 3.8) is 0 Å². The zero-order chi connectivity index (χ0) is 19.1. The van der Waals surface area contributed by atoms with Crippen molar-refractivity contribution in [1.29, 1.82) is 0 Å². The number of hydrogen-bond donors (Lipinski definition) is 5. The Hall–Kier alpha value is -2.27. The molecule has 1 unspecified atom stereocenters. The van der Waals surface area contributed by atoms with Gasteiger partial charge in [-0.05, 0) is 30.4 Å². The summed E-state index contributed by atoms with van der Waals surface area (Å²) in [6.07, 6.45) is -2.48. The van der Waals surface area contributed by atoms with Crippen molar-refractivity contribution in [1.82, 2.24) is 0 Å². The van der Waals surface area contributed by atoms with Crippen LogP contribution in [0.1, 0.15) is 0 Å². The number of aliphatic hydroxyl groups is 4. The lowest BCUT2D eigenvalue weighted by Crippen LogP contribution is -2.59. The number of ether oxygens (including phenoxy) is 3. The van der Waals surface area contributed by atoms with E-state index >= 15 is 0 Å². The molecular formula is C18H19NO8. The highest BCUT2D eigenvalue weighted by atomic mass is 16.7. The van der Waals surface area contributed by atoms with Crippen molar-refractivity contribution in [3.05, 3.63) is 42.2 Å². The van der Waals surface area contributed by atoms with E-state index in [1.165, 1.54) is 12.1 Å². The van der Waals surface area contributed by atoms with Crippen LogP contribution in [0.15, 0.2) is 47.2 Å². The van der Waals surface area contributed by atoms with E-state index in [9.17, 15) is 25.5 Å². The van der Waals surface area contributed by atoms with Crippen molar-refractivity contribution < 1.29 is 39.7 Å². The van der Waals surface area contributed by atoms with Crippen molar-refractivity contribution >= 4 is 11.4 Å². The van der Waals surface area contributed by atoms with E-state index in [0.29, 0.717) is 22.9 Å². The fourth-order valence-corrected chi connectivity index (χ4v) is 3.08. The predicted octanol–water partition coefficient (Wildman–Crippen LogP) is -0.504. The average molecular weight is 377 g/mol. The van der Waals surface area contributed by atoms with Crippen LogP contribution in [0.3, 0.4) is 0 Å². The molecule has 2 aliphatic heterocycles. The fraction of sp³-hybridized carbons (Fsp3) is 0.389. The van der Waals surface area contributed by atoms with Crippen LogP contribution in [0.2, 0.25) is 0 Å². The Morgan fingerprint density at radius 2 is 1.93 bits per heavy atom. The number of phenolic OH excluding ortho intramolecular Hbond substituents is 1. The number of phenols is 1. The van der Waals surface area contributed by atoms with Crippen LogP contribution < -0.4 is 4.74 Å². The molecule has 9 heteroatoms. The SMILES string of the molecule is OC[C@@H]1O[C@H](OC2C=CC3=Nc4ccc(O)cc4OC3=C2)[C@@H](O)[C@H](O)[C@H]1O. The van der Waals surface area contributed by atoms with Gasteiger partial charge in [0.15, 0.2) is 17.8 Å². The second-order valence-corrected chi connectivity index (χ2v) is 6.44. The fourth-order valence-electron chi connectivity index (χ4n) is 3.08. The maximum Gasteiger partial charge on any atom is 0.187 e. The van der Waals surface area contributed by atoms with Crippen LogP contribution in [0, 0.1) is 0 Å². The summed E-state index contributed by atoms with van der Waals surface area (Å²) >= 11 is 0. The number of aliphatic hydroxyl groups excluding tert-OH is 4. The van der Waals surface area contributed by atoms with Crippen molar-refractivity contribution in [2.45, 2.75) is 36.8 Å². The number of rotatable bonds is 3. The lowest BCUT2D eigenvalue weighted by Gasteiger charge is -2.40. The molecule has 0 bridgehead atoms. The van der Waals surface area contributed by atoms with Gasteiger partial charge in [0.05, 0.1) is 6.61 Å². The minimum Gasteiger partial charge on any atom is -0.508 e. The second kappa shape index (κ2) is 7.04. The molecule has 27 heavy (non-hydrogen) atoms. The Bertz CT molecular complexity index is 818. The Balaban J connectivity index is 1.51. The van der Waals surface area contributed by atoms with Gasteiger partial charge in [0.25, 0.3) is 0 Å². The monoisotopic (exact) mass is 377 g/mol. The van der Waals surface area contributed by atoms with Gasteiger partial charge in [-0.25, -0.2) is 4.99 Å². The lowest BCUT2D eigenvalue weighted by molar-refractivity contribution is -0.304. The normalized spacial score (nSPS) is 34.8. The highest BCUT2D eigenvalue weighted by Gasteiger charge is 2.44. The highest BCUT2D eigenvalue weighted by molar-refractivity contribution is 6.10. The summed E-state index contributed by atoms with van der Waals surface area (Å²) in [5.41, 5.74) is 1.15. The number of aromatic hydroxyl groups is 1. The smallest absolute Gasteiger partial charge is 0.187 e. The highest BCUT2D eigenvalue weighted by Crippen LogP contribution is 2.37. The molecule has 0 spiro atoms. The number of fused-ring (bicyclic) bond motifs is 2. The average Bonchev–Trinajstić information content (AvgIpc) is 2.66. The van der Waals surface area contributed by atoms with Crippen LogP contribution in [0.5, 0.6) is 11.5 Å². The largest absolute Gasteiger partial charge is 0.508 e. The molecule has 0 radical (unpaired) electrons. The summed E-state index contributed by atoms with van der Waals surface area (Å²) in [4.78, 5) is 4.44. The molecule has 0 aromatic heterocycles. The summed E-state index contributed by atoms with van der Waals surface area (Å²) in [6.45, 7) is -0.535. The van der Waals surface area contributed by atoms with E-state index in [2.05, 4.69) is 4.99 Å². The molecule has 6 atom stereocenters. The Morgan fingerprint density at radius 1 is 1.11 bits per heavy atom. The Morgan fingerprint density at radius 3 is 2.70 bits per heavy atom. The molecule has 1 aromatic rings. The van der Waals surface area contributed by atoms with Gasteiger partial charge in [-0.15, -0.1) is 0 Å². The number of benzene rings is 1. The third-order valence-electron chi connectivity index (χ3n) is 4.56. The number of hydrogen-bond acceptors (Lipinski definition) is 9. The molecule has 1 aliphatic carbocycles. The molecule has 4 rings (SSSR count). The standard InChI is InChI=1S/C18H19NO8/c20-7-14-15(22)16(23)17(24)18(27-14)25-9-2-4-11-13(6-9)26-12-5-8(21)1-3-10(12)19-11/h1-6,9,14-18,20-24H,7H2/t9?,14-,15-,16+,17-,18-/m0/s1. The lowest BCUT2D eigenvalue weighted by atomic mass is 9.99. The van der Waals surface area contributed by atoms with E-state index in [-0.39, 0.29) is 5.75 Å². The van der Waals surface area contributed by atoms with E-state index in [1.54, 1.807) is 24.3 Å². The summed E-state index contributed by atoms with van der Waals surface area (Å²) in [7, 11) is 0. The van der Waals surface area contributed by atoms with Gasteiger partial charge < -0.3 is 39.7 Å². The van der Waals surface area contributed by atoms with Crippen molar-refractivity contribution in [2.24, 2.45) is 4.99 Å². The van der Waals surface area contributed by atoms with Gasteiger partial charge in [0.1, 0.15) is 47.7 Å². The maximum absolute atomic E-state index is 10.1. The van der Waals surface area contributed by atoms with Gasteiger partial charge in [0.2, 0.25) is 0 Å². The molecule has 144 valence electrons.